The van der Waals surface area contributed by atoms with E-state index in [1.165, 1.54) is 12.2 Å². The van der Waals surface area contributed by atoms with Crippen LogP contribution in [0.4, 0.5) is 5.69 Å². The van der Waals surface area contributed by atoms with Crippen LogP contribution in [0.1, 0.15) is 22.8 Å². The molecular weight excluding hydrogens is 394 g/mol. The number of esters is 1. The topological polar surface area (TPSA) is 92.7 Å². The minimum absolute atomic E-state index is 0.102. The first kappa shape index (κ1) is 21.5. The van der Waals surface area contributed by atoms with Gasteiger partial charge in [-0.3, -0.25) is 9.59 Å². The minimum atomic E-state index is -0.948. The van der Waals surface area contributed by atoms with E-state index in [0.717, 1.165) is 16.8 Å². The summed E-state index contributed by atoms with van der Waals surface area (Å²) in [5.74, 6) is -2.47. The van der Waals surface area contributed by atoms with Gasteiger partial charge in [-0.25, -0.2) is 4.79 Å². The fourth-order valence-electron chi connectivity index (χ4n) is 2.84. The molecule has 0 saturated carbocycles. The predicted octanol–water partition coefficient (Wildman–Crippen LogP) is 4.68. The average molecular weight is 415 g/mol. The molecule has 3 aromatic rings. The number of nitrogens with one attached hydrogen (secondary N) is 1. The highest BCUT2D eigenvalue weighted by Crippen LogP contribution is 2.17. The van der Waals surface area contributed by atoms with Crippen LogP contribution in [0.2, 0.25) is 0 Å². The third kappa shape index (κ3) is 5.90. The van der Waals surface area contributed by atoms with Crippen molar-refractivity contribution in [3.05, 3.63) is 95.8 Å². The smallest absolute Gasteiger partial charge is 0.373 e. The summed E-state index contributed by atoms with van der Waals surface area (Å²) in [6.45, 7) is 1.70. The molecule has 0 heterocycles. The molecule has 0 aliphatic heterocycles. The maximum atomic E-state index is 12.5. The summed E-state index contributed by atoms with van der Waals surface area (Å²) in [7, 11) is 0. The van der Waals surface area contributed by atoms with Crippen LogP contribution in [0.15, 0.2) is 84.6 Å². The second-order valence-corrected chi connectivity index (χ2v) is 6.62. The molecule has 0 aliphatic carbocycles. The Morgan fingerprint density at radius 2 is 1.68 bits per heavy atom. The lowest BCUT2D eigenvalue weighted by Crippen LogP contribution is -2.11. The third-order valence-corrected chi connectivity index (χ3v) is 4.38. The van der Waals surface area contributed by atoms with Gasteiger partial charge >= 0.3 is 5.97 Å². The maximum absolute atomic E-state index is 12.5. The number of benzene rings is 3. The Morgan fingerprint density at radius 3 is 2.39 bits per heavy atom. The molecule has 3 aromatic carbocycles. The zero-order valence-corrected chi connectivity index (χ0v) is 16.9. The molecule has 0 saturated heterocycles. The second-order valence-electron chi connectivity index (χ2n) is 6.62. The number of anilines is 1. The number of amides is 1. The summed E-state index contributed by atoms with van der Waals surface area (Å²) >= 11 is 0. The molecule has 6 nitrogen and oxygen atoms in total. The third-order valence-electron chi connectivity index (χ3n) is 4.38. The first-order chi connectivity index (χ1) is 15.0. The van der Waals surface area contributed by atoms with Crippen molar-refractivity contribution in [2.75, 3.05) is 11.9 Å². The van der Waals surface area contributed by atoms with Crippen LogP contribution in [0.25, 0.3) is 16.8 Å². The summed E-state index contributed by atoms with van der Waals surface area (Å²) in [5.41, 5.74) is 1.88. The number of aliphatic hydroxyl groups is 1. The van der Waals surface area contributed by atoms with Gasteiger partial charge in [-0.05, 0) is 53.6 Å². The van der Waals surface area contributed by atoms with Gasteiger partial charge in [0, 0.05) is 17.3 Å². The molecule has 0 aliphatic rings. The molecule has 0 bridgehead atoms. The van der Waals surface area contributed by atoms with E-state index in [1.807, 2.05) is 36.4 Å². The number of carbonyl (C=O) groups excluding carboxylic acids is 3. The van der Waals surface area contributed by atoms with E-state index in [1.54, 1.807) is 37.3 Å². The average Bonchev–Trinajstić information content (AvgIpc) is 2.78. The lowest BCUT2D eigenvalue weighted by molar-refractivity contribution is -0.141. The van der Waals surface area contributed by atoms with Gasteiger partial charge in [-0.15, -0.1) is 0 Å². The minimum Gasteiger partial charge on any atom is -0.502 e. The van der Waals surface area contributed by atoms with Gasteiger partial charge in [-0.2, -0.15) is 0 Å². The Balaban J connectivity index is 1.62. The number of fused-ring (bicyclic) bond motifs is 1. The highest BCUT2D eigenvalue weighted by molar-refractivity contribution is 6.07. The van der Waals surface area contributed by atoms with E-state index in [4.69, 9.17) is 0 Å². The Hall–Kier alpha value is -4.19. The van der Waals surface area contributed by atoms with Gasteiger partial charge < -0.3 is 15.2 Å². The summed E-state index contributed by atoms with van der Waals surface area (Å²) in [5, 5.41) is 14.4. The fourth-order valence-corrected chi connectivity index (χ4v) is 2.84. The molecule has 0 radical (unpaired) electrons. The highest BCUT2D eigenvalue weighted by Gasteiger charge is 2.09. The molecule has 31 heavy (non-hydrogen) atoms. The van der Waals surface area contributed by atoms with E-state index in [0.29, 0.717) is 16.8 Å². The number of carbonyl (C=O) groups is 3. The van der Waals surface area contributed by atoms with E-state index >= 15 is 0 Å². The van der Waals surface area contributed by atoms with Crippen molar-refractivity contribution < 1.29 is 24.2 Å². The molecule has 2 N–H and O–H groups in total. The quantitative estimate of drug-likeness (QED) is 0.332. The number of allylic oxidation sites excluding steroid dienone is 2. The highest BCUT2D eigenvalue weighted by atomic mass is 16.5. The number of aliphatic hydroxyl groups excluding tert-OH is 1. The van der Waals surface area contributed by atoms with Crippen LogP contribution in [-0.4, -0.2) is 29.4 Å². The van der Waals surface area contributed by atoms with E-state index < -0.39 is 17.5 Å². The molecule has 1 amide bonds. The molecule has 0 spiro atoms. The molecule has 0 aromatic heterocycles. The summed E-state index contributed by atoms with van der Waals surface area (Å²) < 4.78 is 4.60. The van der Waals surface area contributed by atoms with Crippen molar-refractivity contribution in [1.29, 1.82) is 0 Å². The number of ketones is 1. The predicted molar refractivity (Wildman–Crippen MR) is 120 cm³/mol. The number of ether oxygens (including phenoxy) is 1. The van der Waals surface area contributed by atoms with Crippen LogP contribution in [0, 0.1) is 0 Å². The van der Waals surface area contributed by atoms with Gasteiger partial charge in [0.15, 0.2) is 5.78 Å². The van der Waals surface area contributed by atoms with Crippen molar-refractivity contribution in [3.63, 3.8) is 0 Å². The molecule has 0 unspecified atom stereocenters. The van der Waals surface area contributed by atoms with E-state index in [-0.39, 0.29) is 12.5 Å². The first-order valence-electron chi connectivity index (χ1n) is 9.66. The molecule has 6 heteroatoms. The number of rotatable bonds is 7. The normalized spacial score (nSPS) is 11.5. The molecular formula is C25H21NO5. The van der Waals surface area contributed by atoms with Crippen molar-refractivity contribution in [1.82, 2.24) is 0 Å². The van der Waals surface area contributed by atoms with Crippen molar-refractivity contribution >= 4 is 40.2 Å². The summed E-state index contributed by atoms with van der Waals surface area (Å²) in [6, 6.07) is 20.2. The molecule has 0 fully saturated rings. The zero-order valence-electron chi connectivity index (χ0n) is 16.9. The molecule has 156 valence electrons. The number of hydrogen-bond acceptors (Lipinski definition) is 5. The fraction of sp³-hybridized carbons (Fsp3) is 0.0800. The van der Waals surface area contributed by atoms with E-state index in [9.17, 15) is 19.5 Å². The first-order valence-corrected chi connectivity index (χ1v) is 9.66. The Bertz CT molecular complexity index is 1180. The van der Waals surface area contributed by atoms with Crippen LogP contribution in [0.3, 0.4) is 0 Å². The van der Waals surface area contributed by atoms with Crippen molar-refractivity contribution in [2.45, 2.75) is 6.92 Å². The Kier molecular flexibility index (Phi) is 6.96. The van der Waals surface area contributed by atoms with Gasteiger partial charge in [0.05, 0.1) is 6.61 Å². The van der Waals surface area contributed by atoms with Crippen molar-refractivity contribution in [2.24, 2.45) is 0 Å². The van der Waals surface area contributed by atoms with Crippen molar-refractivity contribution in [3.8, 4) is 0 Å². The van der Waals surface area contributed by atoms with Gasteiger partial charge in [0.1, 0.15) is 0 Å². The largest absolute Gasteiger partial charge is 0.502 e. The Labute approximate surface area is 179 Å². The van der Waals surface area contributed by atoms with E-state index in [2.05, 4.69) is 10.1 Å². The van der Waals surface area contributed by atoms with Crippen LogP contribution < -0.4 is 5.32 Å². The van der Waals surface area contributed by atoms with Crippen LogP contribution >= 0.6 is 0 Å². The number of hydrogen-bond donors (Lipinski definition) is 2. The zero-order chi connectivity index (χ0) is 22.2. The van der Waals surface area contributed by atoms with Gasteiger partial charge in [-0.1, -0.05) is 48.5 Å². The standard InChI is InChI=1S/C25H21NO5/c1-2-31-25(30)23(28)16-22(27)14-9-17-7-12-21(13-8-17)26-24(29)20-11-10-18-5-3-4-6-19(18)15-20/h3-16,28H,2H2,1H3,(H,26,29)/b14-9+,23-16-. The van der Waals surface area contributed by atoms with Crippen LogP contribution in [-0.2, 0) is 14.3 Å². The second kappa shape index (κ2) is 10.0. The van der Waals surface area contributed by atoms with Crippen LogP contribution in [0.5, 0.6) is 0 Å². The SMILES string of the molecule is CCOC(=O)/C(O)=C/C(=O)/C=C/c1ccc(NC(=O)c2ccc3ccccc3c2)cc1. The maximum Gasteiger partial charge on any atom is 0.373 e. The van der Waals surface area contributed by atoms with Gasteiger partial charge in [0.25, 0.3) is 5.91 Å². The summed E-state index contributed by atoms with van der Waals surface area (Å²) in [4.78, 5) is 35.6. The lowest BCUT2D eigenvalue weighted by Gasteiger charge is -2.07. The van der Waals surface area contributed by atoms with Gasteiger partial charge in [0.2, 0.25) is 5.76 Å². The molecule has 3 rings (SSSR count). The molecule has 0 atom stereocenters. The monoisotopic (exact) mass is 415 g/mol. The summed E-state index contributed by atoms with van der Waals surface area (Å²) in [6.07, 6.45) is 3.55. The Morgan fingerprint density at radius 1 is 0.968 bits per heavy atom. The lowest BCUT2D eigenvalue weighted by atomic mass is 10.1.